The van der Waals surface area contributed by atoms with Crippen molar-refractivity contribution >= 4 is 0 Å². The van der Waals surface area contributed by atoms with Crippen LogP contribution in [-0.2, 0) is 4.74 Å². The van der Waals surface area contributed by atoms with E-state index < -0.39 is 12.8 Å². The van der Waals surface area contributed by atoms with Crippen LogP contribution in [0.25, 0.3) is 0 Å². The number of hydrogen-bond acceptors (Lipinski definition) is 3. The van der Waals surface area contributed by atoms with E-state index in [9.17, 15) is 13.2 Å². The molecule has 0 aliphatic carbocycles. The lowest BCUT2D eigenvalue weighted by Gasteiger charge is -2.40. The summed E-state index contributed by atoms with van der Waals surface area (Å²) >= 11 is 0. The van der Waals surface area contributed by atoms with Crippen LogP contribution < -0.4 is 5.32 Å². The van der Waals surface area contributed by atoms with Crippen molar-refractivity contribution in [2.75, 3.05) is 32.8 Å². The molecule has 2 unspecified atom stereocenters. The molecule has 0 aromatic rings. The van der Waals surface area contributed by atoms with Crippen molar-refractivity contribution in [3.05, 3.63) is 0 Å². The minimum absolute atomic E-state index is 0.181. The summed E-state index contributed by atoms with van der Waals surface area (Å²) in [7, 11) is 0. The lowest BCUT2D eigenvalue weighted by Crippen LogP contribution is -2.56. The van der Waals surface area contributed by atoms with Gasteiger partial charge in [-0.2, -0.15) is 13.2 Å². The molecule has 0 radical (unpaired) electrons. The van der Waals surface area contributed by atoms with Crippen LogP contribution >= 0.6 is 0 Å². The van der Waals surface area contributed by atoms with Gasteiger partial charge >= 0.3 is 6.18 Å². The van der Waals surface area contributed by atoms with Gasteiger partial charge in [0.2, 0.25) is 0 Å². The Bertz CT molecular complexity index is 274. The van der Waals surface area contributed by atoms with Crippen LogP contribution in [-0.4, -0.2) is 56.0 Å². The summed E-state index contributed by atoms with van der Waals surface area (Å²) in [6.45, 7) is 6.20. The van der Waals surface area contributed by atoms with Crippen molar-refractivity contribution in [2.24, 2.45) is 0 Å². The maximum absolute atomic E-state index is 12.0. The minimum Gasteiger partial charge on any atom is -0.372 e. The molecule has 1 heterocycles. The third-order valence-corrected chi connectivity index (χ3v) is 3.87. The van der Waals surface area contributed by atoms with E-state index in [2.05, 4.69) is 24.1 Å². The molecule has 1 saturated heterocycles. The fourth-order valence-corrected chi connectivity index (χ4v) is 2.92. The van der Waals surface area contributed by atoms with E-state index in [0.717, 1.165) is 45.3 Å². The molecule has 0 aromatic heterocycles. The Kier molecular flexibility index (Phi) is 8.59. The average molecular weight is 310 g/mol. The van der Waals surface area contributed by atoms with Gasteiger partial charge in [-0.3, -0.25) is 4.90 Å². The quantitative estimate of drug-likeness (QED) is 0.662. The predicted octanol–water partition coefficient (Wildman–Crippen LogP) is 3.20. The molecule has 1 aliphatic heterocycles. The third kappa shape index (κ3) is 8.02. The molecule has 21 heavy (non-hydrogen) atoms. The van der Waals surface area contributed by atoms with Crippen molar-refractivity contribution in [2.45, 2.75) is 64.2 Å². The van der Waals surface area contributed by atoms with Crippen molar-refractivity contribution in [3.8, 4) is 0 Å². The molecule has 2 atom stereocenters. The second-order valence-electron chi connectivity index (χ2n) is 5.85. The summed E-state index contributed by atoms with van der Waals surface area (Å²) in [6, 6.07) is 1.02. The lowest BCUT2D eigenvalue weighted by atomic mass is 10.0. The zero-order valence-electron chi connectivity index (χ0n) is 13.2. The lowest BCUT2D eigenvalue weighted by molar-refractivity contribution is -0.174. The van der Waals surface area contributed by atoms with E-state index in [4.69, 9.17) is 4.74 Å². The molecule has 0 amide bonds. The van der Waals surface area contributed by atoms with Gasteiger partial charge in [-0.05, 0) is 19.3 Å². The molecule has 0 bridgehead atoms. The van der Waals surface area contributed by atoms with Gasteiger partial charge in [-0.1, -0.05) is 26.7 Å². The van der Waals surface area contributed by atoms with Gasteiger partial charge in [-0.25, -0.2) is 0 Å². The van der Waals surface area contributed by atoms with E-state index >= 15 is 0 Å². The Balaban J connectivity index is 2.29. The van der Waals surface area contributed by atoms with E-state index in [0.29, 0.717) is 18.5 Å². The molecule has 3 nitrogen and oxygen atoms in total. The van der Waals surface area contributed by atoms with Gasteiger partial charge in [0.05, 0.1) is 0 Å². The highest BCUT2D eigenvalue weighted by molar-refractivity contribution is 4.85. The number of nitrogens with zero attached hydrogens (tertiary/aromatic N) is 1. The highest BCUT2D eigenvalue weighted by Crippen LogP contribution is 2.16. The maximum atomic E-state index is 12.0. The van der Waals surface area contributed by atoms with Gasteiger partial charge in [0, 0.05) is 38.3 Å². The van der Waals surface area contributed by atoms with E-state index in [1.54, 1.807) is 0 Å². The Labute approximate surface area is 126 Å². The zero-order chi connectivity index (χ0) is 15.7. The molecule has 126 valence electrons. The first-order valence-corrected chi connectivity index (χ1v) is 8.08. The van der Waals surface area contributed by atoms with Crippen LogP contribution in [0, 0.1) is 0 Å². The van der Waals surface area contributed by atoms with Gasteiger partial charge < -0.3 is 10.1 Å². The first kappa shape index (κ1) is 18.7. The summed E-state index contributed by atoms with van der Waals surface area (Å²) in [4.78, 5) is 2.43. The summed E-state index contributed by atoms with van der Waals surface area (Å²) in [6.07, 6.45) is 1.01. The van der Waals surface area contributed by atoms with Crippen LogP contribution in [0.15, 0.2) is 0 Å². The van der Waals surface area contributed by atoms with E-state index in [1.165, 1.54) is 0 Å². The normalized spacial score (nSPS) is 24.4. The molecule has 1 rings (SSSR count). The molecule has 0 saturated carbocycles. The summed E-state index contributed by atoms with van der Waals surface area (Å²) < 4.78 is 40.7. The van der Waals surface area contributed by atoms with Crippen LogP contribution in [0.3, 0.4) is 0 Å². The Hall–Kier alpha value is -0.330. The first-order chi connectivity index (χ1) is 9.96. The number of nitrogens with one attached hydrogen (secondary N) is 1. The molecule has 1 aliphatic rings. The van der Waals surface area contributed by atoms with Crippen LogP contribution in [0.1, 0.15) is 46.0 Å². The zero-order valence-corrected chi connectivity index (χ0v) is 13.2. The topological polar surface area (TPSA) is 24.5 Å². The number of alkyl halides is 3. The van der Waals surface area contributed by atoms with Gasteiger partial charge in [0.25, 0.3) is 0 Å². The first-order valence-electron chi connectivity index (χ1n) is 8.08. The average Bonchev–Trinajstić information content (AvgIpc) is 2.40. The standard InChI is InChI=1S/C15H29F3N2O/c1-3-6-13-11-20(14(7-4-2)10-19-13)8-5-9-21-12-15(16,17)18/h13-14,19H,3-12H2,1-2H3. The molecule has 1 N–H and O–H groups in total. The monoisotopic (exact) mass is 310 g/mol. The molecular weight excluding hydrogens is 281 g/mol. The Morgan fingerprint density at radius 2 is 1.90 bits per heavy atom. The second-order valence-corrected chi connectivity index (χ2v) is 5.85. The molecule has 1 fully saturated rings. The molecule has 0 spiro atoms. The predicted molar refractivity (Wildman–Crippen MR) is 78.5 cm³/mol. The Morgan fingerprint density at radius 3 is 2.52 bits per heavy atom. The second kappa shape index (κ2) is 9.64. The SMILES string of the molecule is CCCC1CN(CCCOCC(F)(F)F)C(CCC)CN1. The van der Waals surface area contributed by atoms with Gasteiger partial charge in [-0.15, -0.1) is 0 Å². The third-order valence-electron chi connectivity index (χ3n) is 3.87. The van der Waals surface area contributed by atoms with Crippen molar-refractivity contribution in [1.82, 2.24) is 10.2 Å². The summed E-state index contributed by atoms with van der Waals surface area (Å²) in [5, 5.41) is 3.58. The van der Waals surface area contributed by atoms with Crippen molar-refractivity contribution in [1.29, 1.82) is 0 Å². The largest absolute Gasteiger partial charge is 0.411 e. The van der Waals surface area contributed by atoms with E-state index in [1.807, 2.05) is 0 Å². The van der Waals surface area contributed by atoms with Gasteiger partial charge in [0.15, 0.2) is 0 Å². The number of halogens is 3. The van der Waals surface area contributed by atoms with Crippen molar-refractivity contribution < 1.29 is 17.9 Å². The maximum Gasteiger partial charge on any atom is 0.411 e. The number of hydrogen-bond donors (Lipinski definition) is 1. The fraction of sp³-hybridized carbons (Fsp3) is 1.00. The number of piperazine rings is 1. The summed E-state index contributed by atoms with van der Waals surface area (Å²) in [5.74, 6) is 0. The molecule has 6 heteroatoms. The molecule has 0 aromatic carbocycles. The highest BCUT2D eigenvalue weighted by atomic mass is 19.4. The van der Waals surface area contributed by atoms with E-state index in [-0.39, 0.29) is 6.61 Å². The van der Waals surface area contributed by atoms with Crippen molar-refractivity contribution in [3.63, 3.8) is 0 Å². The summed E-state index contributed by atoms with van der Waals surface area (Å²) in [5.41, 5.74) is 0. The van der Waals surface area contributed by atoms with Crippen LogP contribution in [0.5, 0.6) is 0 Å². The fourth-order valence-electron chi connectivity index (χ4n) is 2.92. The smallest absolute Gasteiger partial charge is 0.372 e. The number of rotatable bonds is 9. The molecular formula is C15H29F3N2O. The highest BCUT2D eigenvalue weighted by Gasteiger charge is 2.28. The minimum atomic E-state index is -4.22. The van der Waals surface area contributed by atoms with Crippen LogP contribution in [0.2, 0.25) is 0 Å². The van der Waals surface area contributed by atoms with Gasteiger partial charge in [0.1, 0.15) is 6.61 Å². The Morgan fingerprint density at radius 1 is 1.19 bits per heavy atom. The number of ether oxygens (including phenoxy) is 1. The van der Waals surface area contributed by atoms with Crippen LogP contribution in [0.4, 0.5) is 13.2 Å².